The van der Waals surface area contributed by atoms with E-state index >= 15 is 0 Å². The average molecular weight is 460 g/mol. The second-order valence-electron chi connectivity index (χ2n) is 7.09. The number of nitrogens with one attached hydrogen (secondary N) is 1. The zero-order valence-corrected chi connectivity index (χ0v) is 18.0. The van der Waals surface area contributed by atoms with Gasteiger partial charge >= 0.3 is 0 Å². The van der Waals surface area contributed by atoms with E-state index in [1.165, 1.54) is 11.0 Å². The van der Waals surface area contributed by atoms with E-state index in [-0.39, 0.29) is 10.7 Å². The Morgan fingerprint density at radius 2 is 1.75 bits per heavy atom. The van der Waals surface area contributed by atoms with Crippen LogP contribution in [-0.2, 0) is 9.59 Å². The molecule has 2 amide bonds. The molecule has 0 bridgehead atoms. The van der Waals surface area contributed by atoms with Gasteiger partial charge in [0.15, 0.2) is 10.9 Å². The van der Waals surface area contributed by atoms with Gasteiger partial charge in [0, 0.05) is 10.6 Å². The minimum atomic E-state index is -0.557. The molecule has 3 aromatic carbocycles. The fraction of sp³-hybridized carbons (Fsp3) is 0. The number of hydrogen-bond donors (Lipinski definition) is 1. The summed E-state index contributed by atoms with van der Waals surface area (Å²) in [7, 11) is 0. The molecule has 2 heterocycles. The Labute approximate surface area is 193 Å². The highest BCUT2D eigenvalue weighted by atomic mass is 35.5. The van der Waals surface area contributed by atoms with E-state index in [0.29, 0.717) is 27.6 Å². The molecule has 1 aromatic heterocycles. The lowest BCUT2D eigenvalue weighted by molar-refractivity contribution is -0.122. The van der Waals surface area contributed by atoms with Crippen LogP contribution in [0.5, 0.6) is 0 Å². The molecular formula is C24H14ClN3O3S. The number of aromatic nitrogens is 1. The second kappa shape index (κ2) is 8.03. The second-order valence-corrected chi connectivity index (χ2v) is 7.91. The van der Waals surface area contributed by atoms with Gasteiger partial charge < -0.3 is 4.52 Å². The van der Waals surface area contributed by atoms with E-state index in [1.807, 2.05) is 36.4 Å². The van der Waals surface area contributed by atoms with Gasteiger partial charge in [-0.3, -0.25) is 19.8 Å². The predicted octanol–water partition coefficient (Wildman–Crippen LogP) is 4.98. The van der Waals surface area contributed by atoms with Crippen molar-refractivity contribution < 1.29 is 14.1 Å². The predicted molar refractivity (Wildman–Crippen MR) is 127 cm³/mol. The highest BCUT2D eigenvalue weighted by Crippen LogP contribution is 2.30. The monoisotopic (exact) mass is 459 g/mol. The highest BCUT2D eigenvalue weighted by molar-refractivity contribution is 7.80. The zero-order chi connectivity index (χ0) is 22.2. The lowest BCUT2D eigenvalue weighted by atomic mass is 10.0. The molecule has 0 radical (unpaired) electrons. The number of rotatable bonds is 3. The molecule has 32 heavy (non-hydrogen) atoms. The van der Waals surface area contributed by atoms with Gasteiger partial charge in [-0.05, 0) is 60.3 Å². The maximum atomic E-state index is 13.2. The Kier molecular flexibility index (Phi) is 5.05. The Balaban J connectivity index is 1.56. The molecule has 1 N–H and O–H groups in total. The van der Waals surface area contributed by atoms with Crippen molar-refractivity contribution in [2.75, 3.05) is 4.90 Å². The van der Waals surface area contributed by atoms with Gasteiger partial charge in [-0.1, -0.05) is 53.2 Å². The molecule has 4 aromatic rings. The summed E-state index contributed by atoms with van der Waals surface area (Å²) in [5, 5.41) is 8.00. The SMILES string of the molecule is O=C1NC(=S)N(c2ccc(Cl)cc2)C(=O)C1=Cc1ccc2noc(-c3ccccc3)c2c1. The number of fused-ring (bicyclic) bond motifs is 1. The molecule has 0 spiro atoms. The third-order valence-electron chi connectivity index (χ3n) is 5.03. The number of carbonyl (C=O) groups is 2. The Morgan fingerprint density at radius 1 is 1.00 bits per heavy atom. The molecule has 0 aliphatic carbocycles. The van der Waals surface area contributed by atoms with Crippen LogP contribution in [-0.4, -0.2) is 22.1 Å². The number of anilines is 1. The van der Waals surface area contributed by atoms with Crippen molar-refractivity contribution in [2.24, 2.45) is 0 Å². The van der Waals surface area contributed by atoms with Crippen molar-refractivity contribution in [2.45, 2.75) is 0 Å². The van der Waals surface area contributed by atoms with E-state index in [4.69, 9.17) is 28.3 Å². The van der Waals surface area contributed by atoms with E-state index in [9.17, 15) is 9.59 Å². The lowest BCUT2D eigenvalue weighted by Gasteiger charge is -2.28. The minimum Gasteiger partial charge on any atom is -0.355 e. The molecule has 156 valence electrons. The molecule has 5 rings (SSSR count). The molecule has 0 unspecified atom stereocenters. The first-order valence-corrected chi connectivity index (χ1v) is 10.4. The van der Waals surface area contributed by atoms with E-state index in [1.54, 1.807) is 36.4 Å². The van der Waals surface area contributed by atoms with Crippen LogP contribution in [0.1, 0.15) is 5.56 Å². The van der Waals surface area contributed by atoms with Gasteiger partial charge in [0.25, 0.3) is 11.8 Å². The summed E-state index contributed by atoms with van der Waals surface area (Å²) in [6, 6.07) is 21.6. The molecule has 6 nitrogen and oxygen atoms in total. The van der Waals surface area contributed by atoms with Crippen molar-refractivity contribution in [1.82, 2.24) is 10.5 Å². The zero-order valence-electron chi connectivity index (χ0n) is 16.4. The summed E-state index contributed by atoms with van der Waals surface area (Å²) < 4.78 is 5.53. The first-order valence-electron chi connectivity index (χ1n) is 9.63. The summed E-state index contributed by atoms with van der Waals surface area (Å²) in [6.45, 7) is 0. The molecule has 0 saturated carbocycles. The van der Waals surface area contributed by atoms with Crippen molar-refractivity contribution >= 4 is 63.4 Å². The summed E-state index contributed by atoms with van der Waals surface area (Å²) in [5.74, 6) is -0.460. The number of hydrogen-bond acceptors (Lipinski definition) is 5. The maximum Gasteiger partial charge on any atom is 0.270 e. The fourth-order valence-electron chi connectivity index (χ4n) is 3.50. The van der Waals surface area contributed by atoms with Crippen LogP contribution < -0.4 is 10.2 Å². The van der Waals surface area contributed by atoms with Crippen LogP contribution >= 0.6 is 23.8 Å². The first kappa shape index (κ1) is 20.1. The largest absolute Gasteiger partial charge is 0.355 e. The third kappa shape index (κ3) is 3.57. The number of amides is 2. The summed E-state index contributed by atoms with van der Waals surface area (Å²) in [4.78, 5) is 27.0. The highest BCUT2D eigenvalue weighted by Gasteiger charge is 2.34. The molecule has 1 fully saturated rings. The standard InChI is InChI=1S/C24H14ClN3O3S/c25-16-7-9-17(10-8-16)28-23(30)19(22(29)26-24(28)32)13-14-6-11-20-18(12-14)21(31-27-20)15-4-2-1-3-5-15/h1-13H,(H,26,29,32). The Hall–Kier alpha value is -3.81. The molecule has 8 heteroatoms. The average Bonchev–Trinajstić information content (AvgIpc) is 3.22. The number of halogens is 1. The number of carbonyl (C=O) groups excluding carboxylic acids is 2. The van der Waals surface area contributed by atoms with Gasteiger partial charge in [-0.2, -0.15) is 0 Å². The van der Waals surface area contributed by atoms with Gasteiger partial charge in [0.05, 0.1) is 11.1 Å². The van der Waals surface area contributed by atoms with E-state index in [2.05, 4.69) is 10.5 Å². The van der Waals surface area contributed by atoms with Crippen LogP contribution in [0.2, 0.25) is 5.02 Å². The van der Waals surface area contributed by atoms with Gasteiger partial charge in [0.2, 0.25) is 0 Å². The van der Waals surface area contributed by atoms with Crippen LogP contribution in [0.15, 0.2) is 82.9 Å². The van der Waals surface area contributed by atoms with Gasteiger partial charge in [-0.15, -0.1) is 0 Å². The molecule has 1 aliphatic heterocycles. The smallest absolute Gasteiger partial charge is 0.270 e. The van der Waals surface area contributed by atoms with Crippen LogP contribution in [0, 0.1) is 0 Å². The number of benzene rings is 3. The number of nitrogens with zero attached hydrogens (tertiary/aromatic N) is 2. The molecule has 1 saturated heterocycles. The molecule has 0 atom stereocenters. The topological polar surface area (TPSA) is 75.4 Å². The Morgan fingerprint density at radius 3 is 2.50 bits per heavy atom. The summed E-state index contributed by atoms with van der Waals surface area (Å²) >= 11 is 11.2. The fourth-order valence-corrected chi connectivity index (χ4v) is 3.90. The van der Waals surface area contributed by atoms with Crippen molar-refractivity contribution in [3.63, 3.8) is 0 Å². The quantitative estimate of drug-likeness (QED) is 0.265. The molecule has 1 aliphatic rings. The van der Waals surface area contributed by atoms with Crippen molar-refractivity contribution in [3.8, 4) is 11.3 Å². The van der Waals surface area contributed by atoms with Crippen LogP contribution in [0.3, 0.4) is 0 Å². The van der Waals surface area contributed by atoms with E-state index < -0.39 is 11.8 Å². The van der Waals surface area contributed by atoms with Crippen molar-refractivity contribution in [3.05, 3.63) is 89.0 Å². The Bertz CT molecular complexity index is 1410. The molecular weight excluding hydrogens is 446 g/mol. The third-order valence-corrected chi connectivity index (χ3v) is 5.57. The van der Waals surface area contributed by atoms with Crippen molar-refractivity contribution in [1.29, 1.82) is 0 Å². The van der Waals surface area contributed by atoms with Crippen LogP contribution in [0.25, 0.3) is 28.3 Å². The van der Waals surface area contributed by atoms with Gasteiger partial charge in [0.1, 0.15) is 11.1 Å². The lowest BCUT2D eigenvalue weighted by Crippen LogP contribution is -2.54. The number of thiocarbonyl (C=S) groups is 1. The van der Waals surface area contributed by atoms with Crippen LogP contribution in [0.4, 0.5) is 5.69 Å². The first-order chi connectivity index (χ1) is 15.5. The van der Waals surface area contributed by atoms with E-state index in [0.717, 1.165) is 10.9 Å². The summed E-state index contributed by atoms with van der Waals surface area (Å²) in [6.07, 6.45) is 1.53. The normalized spacial score (nSPS) is 15.5. The maximum absolute atomic E-state index is 13.2. The minimum absolute atomic E-state index is 0.0142. The summed E-state index contributed by atoms with van der Waals surface area (Å²) in [5.41, 5.74) is 2.68. The van der Waals surface area contributed by atoms with Gasteiger partial charge in [-0.25, -0.2) is 0 Å².